The van der Waals surface area contributed by atoms with Gasteiger partial charge in [0, 0.05) is 50.6 Å². The van der Waals surface area contributed by atoms with Gasteiger partial charge in [-0.15, -0.1) is 0 Å². The fourth-order valence-corrected chi connectivity index (χ4v) is 3.40. The average molecular weight is 390 g/mol. The minimum absolute atomic E-state index is 0.00504. The SMILES string of the molecule is CCCCCC(=O)Nc1ccc(N2CCCC2)c(C(=O)NCCCOCC)c1. The number of ether oxygens (including phenoxy) is 1. The number of hydrogen-bond acceptors (Lipinski definition) is 4. The molecule has 6 nitrogen and oxygen atoms in total. The highest BCUT2D eigenvalue weighted by Crippen LogP contribution is 2.27. The van der Waals surface area contributed by atoms with Gasteiger partial charge in [0.2, 0.25) is 5.91 Å². The fraction of sp³-hybridized carbons (Fsp3) is 0.636. The third kappa shape index (κ3) is 7.15. The van der Waals surface area contributed by atoms with Gasteiger partial charge in [-0.2, -0.15) is 0 Å². The molecule has 0 saturated carbocycles. The molecule has 1 aromatic rings. The normalized spacial score (nSPS) is 13.6. The van der Waals surface area contributed by atoms with Crippen LogP contribution in [0.25, 0.3) is 0 Å². The Morgan fingerprint density at radius 1 is 1.11 bits per heavy atom. The summed E-state index contributed by atoms with van der Waals surface area (Å²) < 4.78 is 5.32. The van der Waals surface area contributed by atoms with E-state index >= 15 is 0 Å². The molecule has 2 amide bonds. The van der Waals surface area contributed by atoms with E-state index in [1.807, 2.05) is 25.1 Å². The third-order valence-electron chi connectivity index (χ3n) is 4.93. The quantitative estimate of drug-likeness (QED) is 0.531. The third-order valence-corrected chi connectivity index (χ3v) is 4.93. The number of carbonyl (C=O) groups is 2. The second-order valence-corrected chi connectivity index (χ2v) is 7.24. The van der Waals surface area contributed by atoms with E-state index in [1.54, 1.807) is 0 Å². The molecule has 0 aliphatic carbocycles. The van der Waals surface area contributed by atoms with Crippen LogP contribution in [-0.2, 0) is 9.53 Å². The van der Waals surface area contributed by atoms with Crippen molar-refractivity contribution in [3.05, 3.63) is 23.8 Å². The molecule has 28 heavy (non-hydrogen) atoms. The molecule has 0 unspecified atom stereocenters. The summed E-state index contributed by atoms with van der Waals surface area (Å²) in [5, 5.41) is 5.93. The zero-order valence-corrected chi connectivity index (χ0v) is 17.4. The monoisotopic (exact) mass is 389 g/mol. The van der Waals surface area contributed by atoms with Crippen LogP contribution in [0.15, 0.2) is 18.2 Å². The standard InChI is InChI=1S/C22H35N3O3/c1-3-5-6-10-21(26)24-18-11-12-20(25-14-7-8-15-25)19(17-18)22(27)23-13-9-16-28-4-2/h11-12,17H,3-10,13-16H2,1-2H3,(H,23,27)(H,24,26). The molecule has 2 N–H and O–H groups in total. The highest BCUT2D eigenvalue weighted by molar-refractivity contribution is 6.02. The van der Waals surface area contributed by atoms with E-state index in [9.17, 15) is 9.59 Å². The van der Waals surface area contributed by atoms with Gasteiger partial charge in [-0.05, 0) is 50.8 Å². The van der Waals surface area contributed by atoms with Gasteiger partial charge in [-0.1, -0.05) is 19.8 Å². The lowest BCUT2D eigenvalue weighted by Crippen LogP contribution is -2.29. The Labute approximate surface area is 169 Å². The number of carbonyl (C=O) groups excluding carboxylic acids is 2. The van der Waals surface area contributed by atoms with E-state index in [0.717, 1.165) is 57.3 Å². The molecule has 156 valence electrons. The summed E-state index contributed by atoms with van der Waals surface area (Å²) in [6, 6.07) is 5.67. The molecule has 0 bridgehead atoms. The van der Waals surface area contributed by atoms with Crippen LogP contribution in [0.5, 0.6) is 0 Å². The van der Waals surface area contributed by atoms with Gasteiger partial charge in [-0.3, -0.25) is 9.59 Å². The van der Waals surface area contributed by atoms with Crippen LogP contribution in [-0.4, -0.2) is 44.7 Å². The van der Waals surface area contributed by atoms with Gasteiger partial charge in [0.25, 0.3) is 5.91 Å². The Hall–Kier alpha value is -2.08. The van der Waals surface area contributed by atoms with Crippen molar-refractivity contribution in [2.45, 2.75) is 58.8 Å². The van der Waals surface area contributed by atoms with Gasteiger partial charge in [-0.25, -0.2) is 0 Å². The van der Waals surface area contributed by atoms with Crippen LogP contribution in [0.4, 0.5) is 11.4 Å². The largest absolute Gasteiger partial charge is 0.382 e. The summed E-state index contributed by atoms with van der Waals surface area (Å²) >= 11 is 0. The first-order chi connectivity index (χ1) is 13.7. The highest BCUT2D eigenvalue weighted by Gasteiger charge is 2.20. The number of rotatable bonds is 12. The van der Waals surface area contributed by atoms with Crippen LogP contribution >= 0.6 is 0 Å². The van der Waals surface area contributed by atoms with Gasteiger partial charge >= 0.3 is 0 Å². The number of hydrogen-bond donors (Lipinski definition) is 2. The van der Waals surface area contributed by atoms with Gasteiger partial charge < -0.3 is 20.3 Å². The zero-order chi connectivity index (χ0) is 20.2. The molecule has 1 fully saturated rings. The number of benzene rings is 1. The topological polar surface area (TPSA) is 70.7 Å². The maximum Gasteiger partial charge on any atom is 0.253 e. The second kappa shape index (κ2) is 12.4. The van der Waals surface area contributed by atoms with E-state index in [0.29, 0.717) is 37.4 Å². The van der Waals surface area contributed by atoms with Crippen LogP contribution in [0.3, 0.4) is 0 Å². The Bertz CT molecular complexity index is 627. The molecule has 1 heterocycles. The highest BCUT2D eigenvalue weighted by atomic mass is 16.5. The Kier molecular flexibility index (Phi) is 9.83. The molecule has 1 aromatic carbocycles. The van der Waals surface area contributed by atoms with Gasteiger partial charge in [0.1, 0.15) is 0 Å². The van der Waals surface area contributed by atoms with Crippen LogP contribution in [0, 0.1) is 0 Å². The lowest BCUT2D eigenvalue weighted by Gasteiger charge is -2.22. The summed E-state index contributed by atoms with van der Waals surface area (Å²) in [5.41, 5.74) is 2.26. The van der Waals surface area contributed by atoms with Crippen molar-refractivity contribution in [2.24, 2.45) is 0 Å². The number of nitrogens with zero attached hydrogens (tertiary/aromatic N) is 1. The smallest absolute Gasteiger partial charge is 0.253 e. The minimum Gasteiger partial charge on any atom is -0.382 e. The minimum atomic E-state index is -0.0968. The molecule has 1 saturated heterocycles. The molecule has 2 rings (SSSR count). The lowest BCUT2D eigenvalue weighted by atomic mass is 10.1. The molecule has 0 atom stereocenters. The summed E-state index contributed by atoms with van der Waals surface area (Å²) in [5.74, 6) is -0.0917. The lowest BCUT2D eigenvalue weighted by molar-refractivity contribution is -0.116. The van der Waals surface area contributed by atoms with E-state index in [-0.39, 0.29) is 11.8 Å². The average Bonchev–Trinajstić information content (AvgIpc) is 3.22. The molecule has 0 aromatic heterocycles. The molecule has 6 heteroatoms. The van der Waals surface area contributed by atoms with Crippen molar-refractivity contribution in [2.75, 3.05) is 43.1 Å². The Morgan fingerprint density at radius 2 is 1.89 bits per heavy atom. The number of amides is 2. The van der Waals surface area contributed by atoms with Crippen LogP contribution in [0.1, 0.15) is 69.2 Å². The first kappa shape index (κ1) is 22.2. The van der Waals surface area contributed by atoms with E-state index < -0.39 is 0 Å². The molecule has 0 radical (unpaired) electrons. The first-order valence-corrected chi connectivity index (χ1v) is 10.7. The van der Waals surface area contributed by atoms with E-state index in [2.05, 4.69) is 22.5 Å². The van der Waals surface area contributed by atoms with Crippen molar-refractivity contribution in [3.63, 3.8) is 0 Å². The second-order valence-electron chi connectivity index (χ2n) is 7.24. The molecule has 0 spiro atoms. The number of nitrogens with one attached hydrogen (secondary N) is 2. The van der Waals surface area contributed by atoms with Crippen molar-refractivity contribution in [1.29, 1.82) is 0 Å². The van der Waals surface area contributed by atoms with Crippen molar-refractivity contribution >= 4 is 23.2 Å². The molecular formula is C22H35N3O3. The van der Waals surface area contributed by atoms with Gasteiger partial charge in [0.05, 0.1) is 5.56 Å². The number of unbranched alkanes of at least 4 members (excludes halogenated alkanes) is 2. The molecule has 1 aliphatic rings. The van der Waals surface area contributed by atoms with E-state index in [1.165, 1.54) is 0 Å². The summed E-state index contributed by atoms with van der Waals surface area (Å²) in [6.07, 6.45) is 6.62. The van der Waals surface area contributed by atoms with Gasteiger partial charge in [0.15, 0.2) is 0 Å². The Morgan fingerprint density at radius 3 is 2.61 bits per heavy atom. The Balaban J connectivity index is 2.05. The zero-order valence-electron chi connectivity index (χ0n) is 17.4. The predicted molar refractivity (Wildman–Crippen MR) is 114 cm³/mol. The first-order valence-electron chi connectivity index (χ1n) is 10.7. The van der Waals surface area contributed by atoms with Crippen molar-refractivity contribution in [1.82, 2.24) is 5.32 Å². The number of anilines is 2. The molecular weight excluding hydrogens is 354 g/mol. The van der Waals surface area contributed by atoms with E-state index in [4.69, 9.17) is 4.74 Å². The van der Waals surface area contributed by atoms with Crippen molar-refractivity contribution < 1.29 is 14.3 Å². The maximum atomic E-state index is 12.8. The fourth-order valence-electron chi connectivity index (χ4n) is 3.40. The van der Waals surface area contributed by atoms with Crippen LogP contribution < -0.4 is 15.5 Å². The maximum absolute atomic E-state index is 12.8. The predicted octanol–water partition coefficient (Wildman–Crippen LogP) is 3.96. The summed E-state index contributed by atoms with van der Waals surface area (Å²) in [7, 11) is 0. The van der Waals surface area contributed by atoms with Crippen molar-refractivity contribution in [3.8, 4) is 0 Å². The summed E-state index contributed by atoms with van der Waals surface area (Å²) in [4.78, 5) is 27.2. The molecule has 1 aliphatic heterocycles. The summed E-state index contributed by atoms with van der Waals surface area (Å²) in [6.45, 7) is 7.92. The van der Waals surface area contributed by atoms with Crippen LogP contribution in [0.2, 0.25) is 0 Å².